The molecule has 28 heavy (non-hydrogen) atoms. The van der Waals surface area contributed by atoms with Crippen LogP contribution in [0.15, 0.2) is 53.7 Å². The summed E-state index contributed by atoms with van der Waals surface area (Å²) >= 11 is 1.20. The normalized spacial score (nSPS) is 11.8. The molecule has 1 heterocycles. The van der Waals surface area contributed by atoms with Crippen LogP contribution in [0.4, 0.5) is 5.69 Å². The predicted molar refractivity (Wildman–Crippen MR) is 111 cm³/mol. The van der Waals surface area contributed by atoms with E-state index >= 15 is 0 Å². The van der Waals surface area contributed by atoms with Crippen LogP contribution in [-0.2, 0) is 4.79 Å². The summed E-state index contributed by atoms with van der Waals surface area (Å²) < 4.78 is 1.38. The number of thioether (sulfide) groups is 1. The van der Waals surface area contributed by atoms with E-state index in [1.165, 1.54) is 23.4 Å². The standard InChI is InChI=1S/C20H21N5O2S/c1-12-8-10-15(11-9-12)18-23-24-20(25(18)21)28-14(3)19(27)22-17-7-5-4-6-16(17)13(2)26/h4-11,14H,21H2,1-3H3,(H,22,27)/t14-/m1/s1. The number of benzene rings is 2. The van der Waals surface area contributed by atoms with Crippen molar-refractivity contribution in [3.05, 3.63) is 59.7 Å². The number of rotatable bonds is 6. The highest BCUT2D eigenvalue weighted by atomic mass is 32.2. The van der Waals surface area contributed by atoms with Crippen molar-refractivity contribution in [1.82, 2.24) is 14.9 Å². The molecule has 3 N–H and O–H groups in total. The number of aryl methyl sites for hydroxylation is 1. The monoisotopic (exact) mass is 395 g/mol. The summed E-state index contributed by atoms with van der Waals surface area (Å²) in [5.74, 6) is 6.30. The van der Waals surface area contributed by atoms with Gasteiger partial charge in [0, 0.05) is 11.1 Å². The molecule has 1 amide bonds. The van der Waals surface area contributed by atoms with Crippen LogP contribution < -0.4 is 11.2 Å². The Morgan fingerprint density at radius 1 is 1.11 bits per heavy atom. The van der Waals surface area contributed by atoms with Crippen molar-refractivity contribution in [1.29, 1.82) is 0 Å². The lowest BCUT2D eigenvalue weighted by atomic mass is 10.1. The fraction of sp³-hybridized carbons (Fsp3) is 0.200. The number of ketones is 1. The molecule has 2 aromatic carbocycles. The maximum Gasteiger partial charge on any atom is 0.237 e. The Balaban J connectivity index is 1.73. The van der Waals surface area contributed by atoms with Gasteiger partial charge in [0.1, 0.15) is 0 Å². The summed E-state index contributed by atoms with van der Waals surface area (Å²) in [6, 6.07) is 14.7. The number of nitrogens with zero attached hydrogens (tertiary/aromatic N) is 3. The topological polar surface area (TPSA) is 103 Å². The molecule has 1 atom stereocenters. The minimum absolute atomic E-state index is 0.111. The molecular weight excluding hydrogens is 374 g/mol. The van der Waals surface area contributed by atoms with Gasteiger partial charge in [0.15, 0.2) is 11.6 Å². The van der Waals surface area contributed by atoms with Crippen LogP contribution in [0.5, 0.6) is 0 Å². The molecule has 0 fully saturated rings. The molecule has 0 bridgehead atoms. The van der Waals surface area contributed by atoms with Crippen molar-refractivity contribution < 1.29 is 9.59 Å². The third kappa shape index (κ3) is 4.23. The van der Waals surface area contributed by atoms with Crippen molar-refractivity contribution >= 4 is 29.1 Å². The van der Waals surface area contributed by atoms with Gasteiger partial charge in [0.2, 0.25) is 11.1 Å². The Kier molecular flexibility index (Phi) is 5.79. The maximum absolute atomic E-state index is 12.6. The quantitative estimate of drug-likeness (QED) is 0.377. The van der Waals surface area contributed by atoms with Gasteiger partial charge in [-0.05, 0) is 32.9 Å². The lowest BCUT2D eigenvalue weighted by molar-refractivity contribution is -0.115. The number of hydrogen-bond donors (Lipinski definition) is 2. The average molecular weight is 395 g/mol. The lowest BCUT2D eigenvalue weighted by Crippen LogP contribution is -2.24. The molecule has 144 valence electrons. The second kappa shape index (κ2) is 8.26. The number of nitrogens with two attached hydrogens (primary N) is 1. The molecule has 8 heteroatoms. The molecule has 0 aliphatic heterocycles. The molecule has 3 aromatic rings. The van der Waals surface area contributed by atoms with Gasteiger partial charge in [-0.3, -0.25) is 9.59 Å². The van der Waals surface area contributed by atoms with Gasteiger partial charge in [0.05, 0.1) is 10.9 Å². The summed E-state index contributed by atoms with van der Waals surface area (Å²) in [6.45, 7) is 5.21. The lowest BCUT2D eigenvalue weighted by Gasteiger charge is -2.13. The van der Waals surface area contributed by atoms with E-state index in [1.54, 1.807) is 31.2 Å². The Labute approximate surface area is 167 Å². The SMILES string of the molecule is CC(=O)c1ccccc1NC(=O)[C@@H](C)Sc1nnc(-c2ccc(C)cc2)n1N. The van der Waals surface area contributed by atoms with Crippen molar-refractivity contribution in [2.45, 2.75) is 31.2 Å². The van der Waals surface area contributed by atoms with Crippen molar-refractivity contribution in [2.24, 2.45) is 0 Å². The molecular formula is C20H21N5O2S. The van der Waals surface area contributed by atoms with Gasteiger partial charge in [-0.1, -0.05) is 53.7 Å². The van der Waals surface area contributed by atoms with E-state index in [1.807, 2.05) is 31.2 Å². The second-order valence-corrected chi connectivity index (χ2v) is 7.70. The van der Waals surface area contributed by atoms with E-state index < -0.39 is 5.25 Å². The third-order valence-corrected chi connectivity index (χ3v) is 5.25. The highest BCUT2D eigenvalue weighted by molar-refractivity contribution is 8.00. The second-order valence-electron chi connectivity index (χ2n) is 6.39. The molecule has 0 radical (unpaired) electrons. The van der Waals surface area contributed by atoms with Gasteiger partial charge in [-0.2, -0.15) is 0 Å². The molecule has 0 saturated heterocycles. The number of para-hydroxylation sites is 1. The van der Waals surface area contributed by atoms with Gasteiger partial charge in [0.25, 0.3) is 0 Å². The van der Waals surface area contributed by atoms with Crippen LogP contribution in [0.25, 0.3) is 11.4 Å². The van der Waals surface area contributed by atoms with E-state index in [4.69, 9.17) is 5.84 Å². The zero-order valence-corrected chi connectivity index (χ0v) is 16.7. The predicted octanol–water partition coefficient (Wildman–Crippen LogP) is 3.29. The van der Waals surface area contributed by atoms with E-state index in [0.29, 0.717) is 22.2 Å². The van der Waals surface area contributed by atoms with E-state index in [-0.39, 0.29) is 11.7 Å². The Morgan fingerprint density at radius 2 is 1.79 bits per heavy atom. The molecule has 0 aliphatic carbocycles. The third-order valence-electron chi connectivity index (χ3n) is 4.19. The molecule has 3 rings (SSSR count). The summed E-state index contributed by atoms with van der Waals surface area (Å²) in [5.41, 5.74) is 2.94. The largest absolute Gasteiger partial charge is 0.335 e. The first-order valence-electron chi connectivity index (χ1n) is 8.72. The molecule has 1 aromatic heterocycles. The summed E-state index contributed by atoms with van der Waals surface area (Å²) in [6.07, 6.45) is 0. The van der Waals surface area contributed by atoms with Crippen molar-refractivity contribution in [3.63, 3.8) is 0 Å². The number of anilines is 1. The zero-order chi connectivity index (χ0) is 20.3. The first kappa shape index (κ1) is 19.6. The number of carbonyl (C=O) groups excluding carboxylic acids is 2. The number of Topliss-reactive ketones (excluding diaryl/α,β-unsaturated/α-hetero) is 1. The number of nitrogen functional groups attached to an aromatic ring is 1. The zero-order valence-electron chi connectivity index (χ0n) is 15.8. The van der Waals surface area contributed by atoms with Crippen molar-refractivity contribution in [2.75, 3.05) is 11.2 Å². The van der Waals surface area contributed by atoms with Crippen LogP contribution in [-0.4, -0.2) is 31.8 Å². The smallest absolute Gasteiger partial charge is 0.237 e. The number of amides is 1. The van der Waals surface area contributed by atoms with Crippen LogP contribution in [0.2, 0.25) is 0 Å². The van der Waals surface area contributed by atoms with E-state index in [9.17, 15) is 9.59 Å². The molecule has 0 spiro atoms. The van der Waals surface area contributed by atoms with Crippen LogP contribution >= 0.6 is 11.8 Å². The molecule has 0 unspecified atom stereocenters. The Bertz CT molecular complexity index is 1010. The number of carbonyl (C=O) groups is 2. The fourth-order valence-electron chi connectivity index (χ4n) is 2.60. The molecule has 0 aliphatic rings. The van der Waals surface area contributed by atoms with Gasteiger partial charge in [-0.15, -0.1) is 10.2 Å². The van der Waals surface area contributed by atoms with Crippen LogP contribution in [0.1, 0.15) is 29.8 Å². The highest BCUT2D eigenvalue weighted by Crippen LogP contribution is 2.26. The average Bonchev–Trinajstić information content (AvgIpc) is 3.03. The summed E-state index contributed by atoms with van der Waals surface area (Å²) in [4.78, 5) is 24.3. The highest BCUT2D eigenvalue weighted by Gasteiger charge is 2.21. The minimum atomic E-state index is -0.489. The number of aromatic nitrogens is 3. The first-order valence-corrected chi connectivity index (χ1v) is 9.60. The number of nitrogens with one attached hydrogen (secondary N) is 1. The van der Waals surface area contributed by atoms with Gasteiger partial charge in [-0.25, -0.2) is 4.68 Å². The molecule has 0 saturated carbocycles. The fourth-order valence-corrected chi connectivity index (χ4v) is 3.37. The van der Waals surface area contributed by atoms with E-state index in [0.717, 1.165) is 11.1 Å². The Hall–Kier alpha value is -3.13. The van der Waals surface area contributed by atoms with E-state index in [2.05, 4.69) is 15.5 Å². The summed E-state index contributed by atoms with van der Waals surface area (Å²) in [5, 5.41) is 11.0. The molecule has 7 nitrogen and oxygen atoms in total. The van der Waals surface area contributed by atoms with Crippen LogP contribution in [0.3, 0.4) is 0 Å². The Morgan fingerprint density at radius 3 is 2.46 bits per heavy atom. The minimum Gasteiger partial charge on any atom is -0.335 e. The first-order chi connectivity index (χ1) is 13.4. The maximum atomic E-state index is 12.6. The number of hydrogen-bond acceptors (Lipinski definition) is 6. The van der Waals surface area contributed by atoms with Crippen molar-refractivity contribution in [3.8, 4) is 11.4 Å². The van der Waals surface area contributed by atoms with Gasteiger partial charge >= 0.3 is 0 Å². The summed E-state index contributed by atoms with van der Waals surface area (Å²) in [7, 11) is 0. The van der Waals surface area contributed by atoms with Gasteiger partial charge < -0.3 is 11.2 Å². The van der Waals surface area contributed by atoms with Crippen LogP contribution in [0, 0.1) is 6.92 Å².